The lowest BCUT2D eigenvalue weighted by Gasteiger charge is -2.07. The molecule has 0 unspecified atom stereocenters. The lowest BCUT2D eigenvalue weighted by atomic mass is 10.1. The Morgan fingerprint density at radius 2 is 2.00 bits per heavy atom. The molecule has 1 aromatic carbocycles. The van der Waals surface area contributed by atoms with E-state index in [0.717, 1.165) is 12.1 Å². The number of nitrogens with one attached hydrogen (secondary N) is 1. The molecule has 2 N–H and O–H groups in total. The van der Waals surface area contributed by atoms with E-state index in [2.05, 4.69) is 17.2 Å². The van der Waals surface area contributed by atoms with Crippen LogP contribution in [0.5, 0.6) is 0 Å². The summed E-state index contributed by atoms with van der Waals surface area (Å²) in [6.07, 6.45) is 0.971. The molecule has 0 aliphatic carbocycles. The number of hydrogen-bond acceptors (Lipinski definition) is 3. The molecule has 0 amide bonds. The number of carboxylic acid groups (broad SMARTS) is 1. The van der Waals surface area contributed by atoms with Gasteiger partial charge >= 0.3 is 5.97 Å². The topological polar surface area (TPSA) is 62.2 Å². The summed E-state index contributed by atoms with van der Waals surface area (Å²) < 4.78 is 0. The van der Waals surface area contributed by atoms with Gasteiger partial charge in [-0.25, -0.2) is 9.78 Å². The molecule has 0 aliphatic heterocycles. The van der Waals surface area contributed by atoms with Crippen molar-refractivity contribution in [1.29, 1.82) is 0 Å². The fraction of sp³-hybridized carbons (Fsp3) is 0.143. The first kappa shape index (κ1) is 13.4. The molecule has 2 rings (SSSR count). The molecule has 1 aromatic heterocycles. The molecule has 98 valence electrons. The predicted molar refractivity (Wildman–Crippen MR) is 75.3 cm³/mol. The second-order valence-corrected chi connectivity index (χ2v) is 4.43. The van der Waals surface area contributed by atoms with Crippen LogP contribution in [0.15, 0.2) is 36.4 Å². The summed E-state index contributed by atoms with van der Waals surface area (Å²) in [6.45, 7) is 2.08. The summed E-state index contributed by atoms with van der Waals surface area (Å²) in [5.74, 6) is -0.622. The highest BCUT2D eigenvalue weighted by molar-refractivity contribution is 6.29. The highest BCUT2D eigenvalue weighted by atomic mass is 35.5. The Bertz CT molecular complexity index is 597. The molecule has 4 nitrogen and oxygen atoms in total. The molecule has 2 aromatic rings. The Hall–Kier alpha value is -2.07. The van der Waals surface area contributed by atoms with Crippen LogP contribution in [0, 0.1) is 0 Å². The molecule has 0 saturated heterocycles. The Labute approximate surface area is 116 Å². The van der Waals surface area contributed by atoms with Crippen LogP contribution in [0.2, 0.25) is 5.15 Å². The van der Waals surface area contributed by atoms with Crippen LogP contribution >= 0.6 is 11.6 Å². The molecule has 19 heavy (non-hydrogen) atoms. The molecular weight excluding hydrogens is 264 g/mol. The Morgan fingerprint density at radius 1 is 1.32 bits per heavy atom. The Balaban J connectivity index is 2.24. The molecule has 0 spiro atoms. The van der Waals surface area contributed by atoms with Crippen LogP contribution in [-0.4, -0.2) is 16.1 Å². The molecule has 0 atom stereocenters. The van der Waals surface area contributed by atoms with Gasteiger partial charge in [0.2, 0.25) is 0 Å². The Kier molecular flexibility index (Phi) is 4.02. The third-order valence-corrected chi connectivity index (χ3v) is 2.87. The molecule has 0 fully saturated rings. The summed E-state index contributed by atoms with van der Waals surface area (Å²) in [7, 11) is 0. The first-order chi connectivity index (χ1) is 9.08. The summed E-state index contributed by atoms with van der Waals surface area (Å²) in [5.41, 5.74) is 2.17. The maximum Gasteiger partial charge on any atom is 0.335 e. The van der Waals surface area contributed by atoms with Gasteiger partial charge in [-0.3, -0.25) is 0 Å². The van der Waals surface area contributed by atoms with Crippen molar-refractivity contribution in [3.05, 3.63) is 52.7 Å². The summed E-state index contributed by atoms with van der Waals surface area (Å²) in [4.78, 5) is 15.0. The van der Waals surface area contributed by atoms with Gasteiger partial charge in [0.25, 0.3) is 0 Å². The van der Waals surface area contributed by atoms with Crippen molar-refractivity contribution in [3.63, 3.8) is 0 Å². The molecule has 5 heteroatoms. The average molecular weight is 277 g/mol. The van der Waals surface area contributed by atoms with Gasteiger partial charge in [-0.2, -0.15) is 0 Å². The van der Waals surface area contributed by atoms with Gasteiger partial charge in [0.05, 0.1) is 5.56 Å². The van der Waals surface area contributed by atoms with E-state index in [0.29, 0.717) is 5.82 Å². The Morgan fingerprint density at radius 3 is 2.58 bits per heavy atom. The first-order valence-corrected chi connectivity index (χ1v) is 6.23. The van der Waals surface area contributed by atoms with Crippen molar-refractivity contribution in [1.82, 2.24) is 4.98 Å². The largest absolute Gasteiger partial charge is 0.478 e. The number of anilines is 2. The third kappa shape index (κ3) is 3.45. The number of halogens is 1. The number of aromatic carboxylic acids is 1. The van der Waals surface area contributed by atoms with Crippen molar-refractivity contribution < 1.29 is 9.90 Å². The van der Waals surface area contributed by atoms with Crippen LogP contribution in [0.25, 0.3) is 0 Å². The van der Waals surface area contributed by atoms with Crippen LogP contribution in [0.4, 0.5) is 11.5 Å². The van der Waals surface area contributed by atoms with E-state index in [1.54, 1.807) is 0 Å². The second kappa shape index (κ2) is 5.71. The lowest BCUT2D eigenvalue weighted by Crippen LogP contribution is -2.00. The minimum Gasteiger partial charge on any atom is -0.478 e. The summed E-state index contributed by atoms with van der Waals surface area (Å²) in [6, 6.07) is 10.6. The van der Waals surface area contributed by atoms with Crippen molar-refractivity contribution in [2.24, 2.45) is 0 Å². The van der Waals surface area contributed by atoms with E-state index >= 15 is 0 Å². The molecule has 0 saturated carbocycles. The molecule has 0 radical (unpaired) electrons. The first-order valence-electron chi connectivity index (χ1n) is 5.85. The summed E-state index contributed by atoms with van der Waals surface area (Å²) in [5, 5.41) is 12.1. The highest BCUT2D eigenvalue weighted by Crippen LogP contribution is 2.19. The van der Waals surface area contributed by atoms with E-state index in [9.17, 15) is 4.79 Å². The van der Waals surface area contributed by atoms with Crippen LogP contribution in [0.1, 0.15) is 22.8 Å². The maximum absolute atomic E-state index is 10.9. The fourth-order valence-corrected chi connectivity index (χ4v) is 1.86. The smallest absolute Gasteiger partial charge is 0.335 e. The summed E-state index contributed by atoms with van der Waals surface area (Å²) >= 11 is 5.79. The van der Waals surface area contributed by atoms with Crippen molar-refractivity contribution in [2.45, 2.75) is 13.3 Å². The second-order valence-electron chi connectivity index (χ2n) is 4.04. The average Bonchev–Trinajstić information content (AvgIpc) is 2.39. The van der Waals surface area contributed by atoms with E-state index in [1.165, 1.54) is 17.7 Å². The molecule has 0 bridgehead atoms. The normalized spacial score (nSPS) is 10.2. The number of aryl methyl sites for hydroxylation is 1. The number of carboxylic acids is 1. The van der Waals surface area contributed by atoms with E-state index < -0.39 is 5.97 Å². The van der Waals surface area contributed by atoms with Gasteiger partial charge in [0.15, 0.2) is 0 Å². The third-order valence-electron chi connectivity index (χ3n) is 2.68. The molecular formula is C14H13ClN2O2. The monoisotopic (exact) mass is 276 g/mol. The van der Waals surface area contributed by atoms with Gasteiger partial charge in [-0.05, 0) is 36.2 Å². The van der Waals surface area contributed by atoms with Crippen molar-refractivity contribution in [2.75, 3.05) is 5.32 Å². The number of carbonyl (C=O) groups is 1. The van der Waals surface area contributed by atoms with E-state index in [1.807, 2.05) is 24.3 Å². The highest BCUT2D eigenvalue weighted by Gasteiger charge is 2.07. The molecule has 0 aliphatic rings. The van der Waals surface area contributed by atoms with Gasteiger partial charge < -0.3 is 10.4 Å². The minimum absolute atomic E-state index is 0.104. The number of nitrogens with zero attached hydrogens (tertiary/aromatic N) is 1. The van der Waals surface area contributed by atoms with E-state index in [4.69, 9.17) is 16.7 Å². The number of pyridine rings is 1. The maximum atomic E-state index is 10.9. The van der Waals surface area contributed by atoms with Crippen LogP contribution in [0.3, 0.4) is 0 Å². The predicted octanol–water partition coefficient (Wildman–Crippen LogP) is 3.74. The minimum atomic E-state index is -1.03. The number of hydrogen-bond donors (Lipinski definition) is 2. The fourth-order valence-electron chi connectivity index (χ4n) is 1.66. The molecule has 1 heterocycles. The van der Waals surface area contributed by atoms with Crippen molar-refractivity contribution in [3.8, 4) is 0 Å². The zero-order valence-electron chi connectivity index (χ0n) is 10.4. The number of benzene rings is 1. The SMILES string of the molecule is CCc1ccc(Nc2cc(C(=O)O)cc(Cl)n2)cc1. The van der Waals surface area contributed by atoms with Crippen LogP contribution in [-0.2, 0) is 6.42 Å². The van der Waals surface area contributed by atoms with E-state index in [-0.39, 0.29) is 10.7 Å². The quantitative estimate of drug-likeness (QED) is 0.835. The zero-order chi connectivity index (χ0) is 13.8. The zero-order valence-corrected chi connectivity index (χ0v) is 11.1. The van der Waals surface area contributed by atoms with Gasteiger partial charge in [-0.1, -0.05) is 30.7 Å². The number of rotatable bonds is 4. The number of aromatic nitrogens is 1. The van der Waals surface area contributed by atoms with Gasteiger partial charge in [-0.15, -0.1) is 0 Å². The lowest BCUT2D eigenvalue weighted by molar-refractivity contribution is 0.0697. The standard InChI is InChI=1S/C14H13ClN2O2/c1-2-9-3-5-11(6-4-9)16-13-8-10(14(18)19)7-12(15)17-13/h3-8H,2H2,1H3,(H,16,17)(H,18,19). The van der Waals surface area contributed by atoms with Crippen molar-refractivity contribution >= 4 is 29.1 Å². The van der Waals surface area contributed by atoms with Gasteiger partial charge in [0, 0.05) is 5.69 Å². The van der Waals surface area contributed by atoms with Crippen LogP contribution < -0.4 is 5.32 Å². The van der Waals surface area contributed by atoms with Gasteiger partial charge in [0.1, 0.15) is 11.0 Å².